The molecule has 0 saturated heterocycles. The van der Waals surface area contributed by atoms with Crippen molar-refractivity contribution in [3.8, 4) is 0 Å². The lowest BCUT2D eigenvalue weighted by Crippen LogP contribution is -2.42. The quantitative estimate of drug-likeness (QED) is 0.422. The largest absolute Gasteiger partial charge is 0.327 e. The second kappa shape index (κ2) is 11.4. The third-order valence-corrected chi connectivity index (χ3v) is 6.00. The maximum Gasteiger partial charge on any atom is 0.256 e. The van der Waals surface area contributed by atoms with Crippen LogP contribution in [0.2, 0.25) is 10.0 Å². The maximum atomic E-state index is 13.7. The lowest BCUT2D eigenvalue weighted by molar-refractivity contribution is -0.117. The smallest absolute Gasteiger partial charge is 0.256 e. The predicted octanol–water partition coefficient (Wildman–Crippen LogP) is 5.26. The van der Waals surface area contributed by atoms with Gasteiger partial charge in [0, 0.05) is 16.4 Å². The van der Waals surface area contributed by atoms with Gasteiger partial charge in [0.15, 0.2) is 5.13 Å². The summed E-state index contributed by atoms with van der Waals surface area (Å²) in [5, 5.41) is 7.62. The Balaban J connectivity index is 1.60. The third kappa shape index (κ3) is 6.75. The molecule has 0 bridgehead atoms. The van der Waals surface area contributed by atoms with E-state index in [2.05, 4.69) is 15.6 Å². The maximum absolute atomic E-state index is 13.7. The summed E-state index contributed by atoms with van der Waals surface area (Å²) in [6.07, 6.45) is -0.0909. The zero-order valence-corrected chi connectivity index (χ0v) is 20.6. The molecule has 0 radical (unpaired) electrons. The van der Waals surface area contributed by atoms with Gasteiger partial charge < -0.3 is 15.5 Å². The summed E-state index contributed by atoms with van der Waals surface area (Å²) in [6.45, 7) is 3.34. The second-order valence-electron chi connectivity index (χ2n) is 7.55. The van der Waals surface area contributed by atoms with Gasteiger partial charge in [-0.2, -0.15) is 0 Å². The Kier molecular flexibility index (Phi) is 8.60. The highest BCUT2D eigenvalue weighted by Crippen LogP contribution is 2.23. The van der Waals surface area contributed by atoms with E-state index in [-0.39, 0.29) is 40.4 Å². The average Bonchev–Trinajstić information content (AvgIpc) is 3.19. The second-order valence-corrected chi connectivity index (χ2v) is 9.25. The van der Waals surface area contributed by atoms with Crippen molar-refractivity contribution in [1.29, 1.82) is 0 Å². The molecule has 2 aromatic carbocycles. The molecule has 0 aliphatic carbocycles. The Morgan fingerprint density at radius 2 is 1.82 bits per heavy atom. The molecule has 0 aliphatic rings. The molecule has 7 nitrogen and oxygen atoms in total. The first-order valence-corrected chi connectivity index (χ1v) is 11.8. The van der Waals surface area contributed by atoms with Crippen LogP contribution in [0.15, 0.2) is 47.8 Å². The van der Waals surface area contributed by atoms with Gasteiger partial charge in [-0.25, -0.2) is 9.37 Å². The summed E-state index contributed by atoms with van der Waals surface area (Å²) >= 11 is 13.2. The van der Waals surface area contributed by atoms with E-state index in [1.165, 1.54) is 35.2 Å². The molecule has 0 aliphatic heterocycles. The van der Waals surface area contributed by atoms with Crippen LogP contribution >= 0.6 is 34.5 Å². The number of halogens is 3. The van der Waals surface area contributed by atoms with Crippen molar-refractivity contribution >= 4 is 63.1 Å². The van der Waals surface area contributed by atoms with Crippen molar-refractivity contribution < 1.29 is 18.8 Å². The van der Waals surface area contributed by atoms with E-state index in [1.807, 2.05) is 0 Å². The Hall–Kier alpha value is -3.01. The monoisotopic (exact) mass is 522 g/mol. The number of carbonyl (C=O) groups excluding carboxylic acids is 3. The van der Waals surface area contributed by atoms with E-state index in [9.17, 15) is 18.8 Å². The van der Waals surface area contributed by atoms with Crippen LogP contribution in [0.4, 0.5) is 15.2 Å². The number of benzene rings is 2. The van der Waals surface area contributed by atoms with Crippen LogP contribution in [0, 0.1) is 5.82 Å². The zero-order valence-electron chi connectivity index (χ0n) is 18.3. The van der Waals surface area contributed by atoms with Crippen molar-refractivity contribution in [3.63, 3.8) is 0 Å². The lowest BCUT2D eigenvalue weighted by Gasteiger charge is -2.26. The lowest BCUT2D eigenvalue weighted by atomic mass is 10.1. The summed E-state index contributed by atoms with van der Waals surface area (Å²) in [5.41, 5.74) is 0.735. The van der Waals surface area contributed by atoms with Crippen molar-refractivity contribution in [2.75, 3.05) is 17.2 Å². The molecular weight excluding hydrogens is 502 g/mol. The van der Waals surface area contributed by atoms with E-state index in [0.717, 1.165) is 11.3 Å². The molecule has 0 fully saturated rings. The number of nitrogens with zero attached hydrogens (tertiary/aromatic N) is 2. The zero-order chi connectivity index (χ0) is 24.8. The number of carbonyl (C=O) groups is 3. The van der Waals surface area contributed by atoms with E-state index in [0.29, 0.717) is 10.7 Å². The number of hydrogen-bond donors (Lipinski definition) is 2. The number of thiazole rings is 1. The fourth-order valence-electron chi connectivity index (χ4n) is 2.99. The molecule has 0 atom stereocenters. The first-order chi connectivity index (χ1) is 16.1. The van der Waals surface area contributed by atoms with Crippen LogP contribution in [0.1, 0.15) is 29.9 Å². The summed E-state index contributed by atoms with van der Waals surface area (Å²) in [7, 11) is 0. The third-order valence-electron chi connectivity index (χ3n) is 4.65. The number of para-hydroxylation sites is 1. The van der Waals surface area contributed by atoms with E-state index in [4.69, 9.17) is 23.2 Å². The first kappa shape index (κ1) is 25.6. The standard InChI is InChI=1S/C23H21Cl2FN4O3S/c1-13(2)30(22(33)16-8-7-14(24)9-17(16)25)11-21(32)29-23-27-15(12-34-23)10-20(31)28-19-6-4-3-5-18(19)26/h3-9,12-13H,10-11H2,1-2H3,(H,28,31)(H,27,29,32). The Labute approximate surface area is 209 Å². The summed E-state index contributed by atoms with van der Waals surface area (Å²) in [4.78, 5) is 43.3. The van der Waals surface area contributed by atoms with Gasteiger partial charge in [0.05, 0.1) is 28.4 Å². The van der Waals surface area contributed by atoms with Crippen molar-refractivity contribution in [1.82, 2.24) is 9.88 Å². The van der Waals surface area contributed by atoms with E-state index in [1.54, 1.807) is 31.4 Å². The van der Waals surface area contributed by atoms with Crippen LogP contribution in [0.3, 0.4) is 0 Å². The number of nitrogens with one attached hydrogen (secondary N) is 2. The molecule has 0 spiro atoms. The van der Waals surface area contributed by atoms with Gasteiger partial charge in [0.1, 0.15) is 12.4 Å². The van der Waals surface area contributed by atoms with E-state index >= 15 is 0 Å². The molecule has 3 aromatic rings. The molecule has 2 N–H and O–H groups in total. The summed E-state index contributed by atoms with van der Waals surface area (Å²) in [6, 6.07) is 10.1. The number of hydrogen-bond acceptors (Lipinski definition) is 5. The Bertz CT molecular complexity index is 1220. The summed E-state index contributed by atoms with van der Waals surface area (Å²) < 4.78 is 13.7. The molecule has 0 unspecified atom stereocenters. The highest BCUT2D eigenvalue weighted by Gasteiger charge is 2.24. The van der Waals surface area contributed by atoms with Crippen LogP contribution < -0.4 is 10.6 Å². The fraction of sp³-hybridized carbons (Fsp3) is 0.217. The average molecular weight is 523 g/mol. The molecule has 1 aromatic heterocycles. The highest BCUT2D eigenvalue weighted by molar-refractivity contribution is 7.13. The number of aromatic nitrogens is 1. The topological polar surface area (TPSA) is 91.4 Å². The SMILES string of the molecule is CC(C)N(CC(=O)Nc1nc(CC(=O)Nc2ccccc2F)cs1)C(=O)c1ccc(Cl)cc1Cl. The molecular formula is C23H21Cl2FN4O3S. The van der Waals surface area contributed by atoms with Gasteiger partial charge in [0.25, 0.3) is 5.91 Å². The van der Waals surface area contributed by atoms with Crippen LogP contribution in [0.25, 0.3) is 0 Å². The number of amides is 3. The van der Waals surface area contributed by atoms with Gasteiger partial charge in [-0.1, -0.05) is 35.3 Å². The first-order valence-electron chi connectivity index (χ1n) is 10.2. The number of anilines is 2. The van der Waals surface area contributed by atoms with Gasteiger partial charge in [-0.05, 0) is 44.2 Å². The molecule has 3 amide bonds. The van der Waals surface area contributed by atoms with Crippen LogP contribution in [0.5, 0.6) is 0 Å². The Morgan fingerprint density at radius 1 is 1.09 bits per heavy atom. The fourth-order valence-corrected chi connectivity index (χ4v) is 4.20. The van der Waals surface area contributed by atoms with E-state index < -0.39 is 23.5 Å². The van der Waals surface area contributed by atoms with Crippen molar-refractivity contribution in [2.24, 2.45) is 0 Å². The van der Waals surface area contributed by atoms with Crippen LogP contribution in [-0.4, -0.2) is 40.2 Å². The molecule has 3 rings (SSSR count). The summed E-state index contributed by atoms with van der Waals surface area (Å²) in [5.74, 6) is -1.84. The van der Waals surface area contributed by atoms with Crippen molar-refractivity contribution in [2.45, 2.75) is 26.3 Å². The minimum atomic E-state index is -0.536. The van der Waals surface area contributed by atoms with Gasteiger partial charge in [-0.15, -0.1) is 11.3 Å². The van der Waals surface area contributed by atoms with Crippen molar-refractivity contribution in [3.05, 3.63) is 75.0 Å². The normalized spacial score (nSPS) is 10.8. The minimum absolute atomic E-state index is 0.0792. The van der Waals surface area contributed by atoms with Gasteiger partial charge in [0.2, 0.25) is 11.8 Å². The minimum Gasteiger partial charge on any atom is -0.327 e. The molecule has 0 saturated carbocycles. The molecule has 11 heteroatoms. The molecule has 178 valence electrons. The molecule has 34 heavy (non-hydrogen) atoms. The number of rotatable bonds is 8. The Morgan fingerprint density at radius 3 is 2.50 bits per heavy atom. The van der Waals surface area contributed by atoms with Crippen LogP contribution in [-0.2, 0) is 16.0 Å². The molecule has 1 heterocycles. The van der Waals surface area contributed by atoms with Gasteiger partial charge >= 0.3 is 0 Å². The highest BCUT2D eigenvalue weighted by atomic mass is 35.5. The predicted molar refractivity (Wildman–Crippen MR) is 132 cm³/mol. The van der Waals surface area contributed by atoms with Gasteiger partial charge in [-0.3, -0.25) is 14.4 Å².